The van der Waals surface area contributed by atoms with Crippen molar-refractivity contribution in [2.75, 3.05) is 14.2 Å². The summed E-state index contributed by atoms with van der Waals surface area (Å²) in [4.78, 5) is 29.7. The highest BCUT2D eigenvalue weighted by Gasteiger charge is 2.15. The molecule has 0 aliphatic heterocycles. The van der Waals surface area contributed by atoms with Gasteiger partial charge in [-0.05, 0) is 36.6 Å². The molecule has 142 valence electrons. The lowest BCUT2D eigenvalue weighted by atomic mass is 10.1. The van der Waals surface area contributed by atoms with Gasteiger partial charge in [0.25, 0.3) is 5.56 Å². The van der Waals surface area contributed by atoms with E-state index < -0.39 is 0 Å². The van der Waals surface area contributed by atoms with Gasteiger partial charge in [0.2, 0.25) is 5.91 Å². The summed E-state index contributed by atoms with van der Waals surface area (Å²) in [6.45, 7) is 2.14. The predicted molar refractivity (Wildman–Crippen MR) is 105 cm³/mol. The van der Waals surface area contributed by atoms with E-state index >= 15 is 0 Å². The molecular formula is C19H21N3O4S. The van der Waals surface area contributed by atoms with Crippen molar-refractivity contribution in [1.29, 1.82) is 0 Å². The van der Waals surface area contributed by atoms with Crippen LogP contribution in [-0.4, -0.2) is 29.7 Å². The number of benzene rings is 1. The molecule has 1 N–H and O–H groups in total. The molecule has 3 aromatic rings. The number of hydrogen-bond acceptors (Lipinski definition) is 6. The van der Waals surface area contributed by atoms with Crippen molar-refractivity contribution in [2.45, 2.75) is 25.9 Å². The number of nitrogens with one attached hydrogen (secondary N) is 1. The van der Waals surface area contributed by atoms with Crippen molar-refractivity contribution in [1.82, 2.24) is 14.9 Å². The molecule has 0 saturated heterocycles. The standard InChI is InChI=1S/C19H21N3O4S/c1-12(15-10-13(25-2)4-5-16(15)26-3)21-17(23)6-8-22-11-20-18-14(19(22)24)7-9-27-18/h4-5,7,9-12H,6,8H2,1-3H3,(H,21,23)/t12-/m0/s1. The second kappa shape index (κ2) is 8.22. The lowest BCUT2D eigenvalue weighted by molar-refractivity contribution is -0.122. The Bertz CT molecular complexity index is 1010. The number of fused-ring (bicyclic) bond motifs is 1. The minimum absolute atomic E-state index is 0.128. The van der Waals surface area contributed by atoms with E-state index in [4.69, 9.17) is 9.47 Å². The van der Waals surface area contributed by atoms with Crippen molar-refractivity contribution in [2.24, 2.45) is 0 Å². The maximum atomic E-state index is 12.4. The van der Waals surface area contributed by atoms with E-state index in [0.29, 0.717) is 21.7 Å². The summed E-state index contributed by atoms with van der Waals surface area (Å²) in [5.74, 6) is 1.20. The number of aryl methyl sites for hydroxylation is 1. The molecule has 0 fully saturated rings. The van der Waals surface area contributed by atoms with Crippen LogP contribution in [0.5, 0.6) is 11.5 Å². The molecule has 7 nitrogen and oxygen atoms in total. The topological polar surface area (TPSA) is 82.4 Å². The Morgan fingerprint density at radius 3 is 2.85 bits per heavy atom. The molecule has 2 heterocycles. The quantitative estimate of drug-likeness (QED) is 0.674. The van der Waals surface area contributed by atoms with Crippen LogP contribution in [0.2, 0.25) is 0 Å². The van der Waals surface area contributed by atoms with Gasteiger partial charge in [0.15, 0.2) is 0 Å². The van der Waals surface area contributed by atoms with Crippen LogP contribution in [0.25, 0.3) is 10.2 Å². The average Bonchev–Trinajstić information content (AvgIpc) is 3.16. The first-order chi connectivity index (χ1) is 13.0. The van der Waals surface area contributed by atoms with Gasteiger partial charge in [0.05, 0.1) is 32.0 Å². The normalized spacial score (nSPS) is 12.0. The third-order valence-electron chi connectivity index (χ3n) is 4.31. The molecule has 0 radical (unpaired) electrons. The Morgan fingerprint density at radius 2 is 2.11 bits per heavy atom. The summed E-state index contributed by atoms with van der Waals surface area (Å²) < 4.78 is 12.1. The van der Waals surface area contributed by atoms with Crippen molar-refractivity contribution < 1.29 is 14.3 Å². The van der Waals surface area contributed by atoms with E-state index in [1.807, 2.05) is 18.4 Å². The van der Waals surface area contributed by atoms with Crippen LogP contribution in [0, 0.1) is 0 Å². The first kappa shape index (κ1) is 18.9. The Kier molecular flexibility index (Phi) is 5.75. The van der Waals surface area contributed by atoms with Crippen LogP contribution in [-0.2, 0) is 11.3 Å². The molecule has 27 heavy (non-hydrogen) atoms. The summed E-state index contributed by atoms with van der Waals surface area (Å²) in [7, 11) is 3.17. The smallest absolute Gasteiger partial charge is 0.262 e. The molecule has 3 rings (SSSR count). The zero-order valence-electron chi connectivity index (χ0n) is 15.4. The van der Waals surface area contributed by atoms with Gasteiger partial charge in [-0.3, -0.25) is 14.2 Å². The molecular weight excluding hydrogens is 366 g/mol. The number of nitrogens with zero attached hydrogens (tertiary/aromatic N) is 2. The monoisotopic (exact) mass is 387 g/mol. The summed E-state index contributed by atoms with van der Waals surface area (Å²) >= 11 is 1.42. The number of aromatic nitrogens is 2. The lowest BCUT2D eigenvalue weighted by Crippen LogP contribution is -2.29. The van der Waals surface area contributed by atoms with E-state index in [9.17, 15) is 9.59 Å². The molecule has 0 saturated carbocycles. The van der Waals surface area contributed by atoms with Gasteiger partial charge in [0, 0.05) is 18.5 Å². The van der Waals surface area contributed by atoms with Crippen LogP contribution in [0.4, 0.5) is 0 Å². The van der Waals surface area contributed by atoms with Gasteiger partial charge in [-0.15, -0.1) is 11.3 Å². The number of thiophene rings is 1. The van der Waals surface area contributed by atoms with E-state index in [0.717, 1.165) is 5.56 Å². The minimum atomic E-state index is -0.267. The third-order valence-corrected chi connectivity index (χ3v) is 5.13. The predicted octanol–water partition coefficient (Wildman–Crippen LogP) is 2.74. The van der Waals surface area contributed by atoms with Crippen LogP contribution < -0.4 is 20.3 Å². The largest absolute Gasteiger partial charge is 0.497 e. The molecule has 1 aromatic carbocycles. The summed E-state index contributed by atoms with van der Waals surface area (Å²) in [5, 5.41) is 5.35. The summed E-state index contributed by atoms with van der Waals surface area (Å²) in [6, 6.07) is 6.93. The SMILES string of the molecule is COc1ccc(OC)c([C@H](C)NC(=O)CCn2cnc3sccc3c2=O)c1. The fraction of sp³-hybridized carbons (Fsp3) is 0.316. The zero-order valence-corrected chi connectivity index (χ0v) is 16.2. The Balaban J connectivity index is 1.66. The van der Waals surface area contributed by atoms with Gasteiger partial charge >= 0.3 is 0 Å². The highest BCUT2D eigenvalue weighted by atomic mass is 32.1. The highest BCUT2D eigenvalue weighted by Crippen LogP contribution is 2.29. The molecule has 0 aliphatic rings. The highest BCUT2D eigenvalue weighted by molar-refractivity contribution is 7.16. The number of carbonyl (C=O) groups is 1. The number of methoxy groups -OCH3 is 2. The van der Waals surface area contributed by atoms with E-state index in [2.05, 4.69) is 10.3 Å². The molecule has 1 atom stereocenters. The van der Waals surface area contributed by atoms with Crippen molar-refractivity contribution in [3.63, 3.8) is 0 Å². The van der Waals surface area contributed by atoms with Crippen LogP contribution >= 0.6 is 11.3 Å². The minimum Gasteiger partial charge on any atom is -0.497 e. The fourth-order valence-corrected chi connectivity index (χ4v) is 3.57. The zero-order chi connectivity index (χ0) is 19.4. The maximum absolute atomic E-state index is 12.4. The molecule has 0 spiro atoms. The number of carbonyl (C=O) groups excluding carboxylic acids is 1. The Labute approximate surface area is 160 Å². The molecule has 0 unspecified atom stereocenters. The number of ether oxygens (including phenoxy) is 2. The first-order valence-corrected chi connectivity index (χ1v) is 9.35. The van der Waals surface area contributed by atoms with Crippen LogP contribution in [0.3, 0.4) is 0 Å². The molecule has 2 aromatic heterocycles. The van der Waals surface area contributed by atoms with Crippen LogP contribution in [0.15, 0.2) is 40.8 Å². The Morgan fingerprint density at radius 1 is 1.30 bits per heavy atom. The van der Waals surface area contributed by atoms with Gasteiger partial charge in [-0.1, -0.05) is 0 Å². The number of hydrogen-bond donors (Lipinski definition) is 1. The maximum Gasteiger partial charge on any atom is 0.262 e. The van der Waals surface area contributed by atoms with Crippen molar-refractivity contribution in [3.8, 4) is 11.5 Å². The third kappa shape index (κ3) is 4.11. The van der Waals surface area contributed by atoms with Crippen molar-refractivity contribution >= 4 is 27.5 Å². The van der Waals surface area contributed by atoms with E-state index in [1.165, 1.54) is 22.2 Å². The second-order valence-electron chi connectivity index (χ2n) is 6.03. The Hall–Kier alpha value is -2.87. The summed E-state index contributed by atoms with van der Waals surface area (Å²) in [6.07, 6.45) is 1.66. The van der Waals surface area contributed by atoms with E-state index in [-0.39, 0.29) is 30.5 Å². The molecule has 8 heteroatoms. The van der Waals surface area contributed by atoms with Gasteiger partial charge < -0.3 is 14.8 Å². The van der Waals surface area contributed by atoms with E-state index in [1.54, 1.807) is 32.4 Å². The summed E-state index contributed by atoms with van der Waals surface area (Å²) in [5.41, 5.74) is 0.695. The second-order valence-corrected chi connectivity index (χ2v) is 6.92. The fourth-order valence-electron chi connectivity index (χ4n) is 2.84. The molecule has 1 amide bonds. The van der Waals surface area contributed by atoms with Gasteiger partial charge in [0.1, 0.15) is 16.3 Å². The first-order valence-electron chi connectivity index (χ1n) is 8.47. The number of rotatable bonds is 7. The van der Waals surface area contributed by atoms with Gasteiger partial charge in [-0.25, -0.2) is 4.98 Å². The average molecular weight is 387 g/mol. The van der Waals surface area contributed by atoms with Crippen molar-refractivity contribution in [3.05, 3.63) is 51.9 Å². The van der Waals surface area contributed by atoms with Crippen LogP contribution in [0.1, 0.15) is 24.9 Å². The lowest BCUT2D eigenvalue weighted by Gasteiger charge is -2.18. The number of amides is 1. The molecule has 0 aliphatic carbocycles. The molecule has 0 bridgehead atoms. The van der Waals surface area contributed by atoms with Gasteiger partial charge in [-0.2, -0.15) is 0 Å².